The zero-order chi connectivity index (χ0) is 20.0. The number of carbonyl (C=O) groups excluding carboxylic acids is 1. The number of aliphatic hydroxyl groups is 1. The highest BCUT2D eigenvalue weighted by Crippen LogP contribution is 2.55. The van der Waals surface area contributed by atoms with Crippen molar-refractivity contribution in [3.05, 3.63) is 29.3 Å². The summed E-state index contributed by atoms with van der Waals surface area (Å²) in [5.74, 6) is -0.591. The van der Waals surface area contributed by atoms with Crippen LogP contribution in [0.2, 0.25) is 16.6 Å². The average molecular weight is 393 g/mol. The van der Waals surface area contributed by atoms with E-state index in [1.165, 1.54) is 0 Å². The Morgan fingerprint density at radius 3 is 2.30 bits per heavy atom. The summed E-state index contributed by atoms with van der Waals surface area (Å²) in [5.41, 5.74) is 2.52. The van der Waals surface area contributed by atoms with Crippen molar-refractivity contribution in [1.29, 1.82) is 0 Å². The topological polar surface area (TPSA) is 65.0 Å². The molecule has 0 saturated carbocycles. The smallest absolute Gasteiger partial charge is 0.266 e. The average Bonchev–Trinajstić information content (AvgIpc) is 3.11. The second kappa shape index (κ2) is 7.31. The van der Waals surface area contributed by atoms with Gasteiger partial charge in [-0.2, -0.15) is 0 Å². The van der Waals surface area contributed by atoms with E-state index < -0.39 is 26.3 Å². The molecule has 2 aliphatic rings. The third kappa shape index (κ3) is 3.07. The molecular weight excluding hydrogens is 360 g/mol. The molecule has 1 spiro atoms. The van der Waals surface area contributed by atoms with E-state index in [0.717, 1.165) is 11.8 Å². The molecule has 1 aromatic carbocycles. The number of fused-ring (bicyclic) bond motifs is 1. The van der Waals surface area contributed by atoms with E-state index in [1.54, 1.807) is 12.1 Å². The first-order chi connectivity index (χ1) is 12.7. The minimum Gasteiger partial charge on any atom is -0.456 e. The Kier molecular flexibility index (Phi) is 5.56. The Balaban J connectivity index is 2.13. The van der Waals surface area contributed by atoms with Gasteiger partial charge >= 0.3 is 0 Å². The molecule has 6 heteroatoms. The van der Waals surface area contributed by atoms with Crippen LogP contribution in [0, 0.1) is 0 Å². The minimum absolute atomic E-state index is 0.381. The summed E-state index contributed by atoms with van der Waals surface area (Å²) in [7, 11) is -2.27. The first-order valence-electron chi connectivity index (χ1n) is 9.97. The molecule has 0 amide bonds. The van der Waals surface area contributed by atoms with Gasteiger partial charge in [0.15, 0.2) is 0 Å². The van der Waals surface area contributed by atoms with Gasteiger partial charge in [0.1, 0.15) is 24.2 Å². The Hall–Kier alpha value is -1.21. The van der Waals surface area contributed by atoms with Crippen molar-refractivity contribution in [3.8, 4) is 5.75 Å². The van der Waals surface area contributed by atoms with E-state index in [1.807, 2.05) is 6.07 Å². The van der Waals surface area contributed by atoms with Crippen LogP contribution in [0.25, 0.3) is 0 Å². The minimum atomic E-state index is -2.27. The van der Waals surface area contributed by atoms with E-state index in [4.69, 9.17) is 13.9 Å². The first kappa shape index (κ1) is 20.5. The summed E-state index contributed by atoms with van der Waals surface area (Å²) < 4.78 is 19.2. The van der Waals surface area contributed by atoms with Crippen molar-refractivity contribution < 1.29 is 23.8 Å². The van der Waals surface area contributed by atoms with Crippen LogP contribution in [0.4, 0.5) is 0 Å². The number of hydrogen-bond donors (Lipinski definition) is 1. The maximum atomic E-state index is 11.3. The largest absolute Gasteiger partial charge is 0.456 e. The highest BCUT2D eigenvalue weighted by molar-refractivity contribution is 6.77. The molecule has 150 valence electrons. The number of hydrogen-bond acceptors (Lipinski definition) is 5. The Bertz CT molecular complexity index is 680. The molecular formula is C21H32O5Si. The van der Waals surface area contributed by atoms with Gasteiger partial charge in [-0.05, 0) is 34.8 Å². The lowest BCUT2D eigenvalue weighted by atomic mass is 9.98. The van der Waals surface area contributed by atoms with Gasteiger partial charge in [0.25, 0.3) is 5.79 Å². The van der Waals surface area contributed by atoms with Crippen LogP contribution >= 0.6 is 0 Å². The third-order valence-corrected chi connectivity index (χ3v) is 12.4. The van der Waals surface area contributed by atoms with Gasteiger partial charge in [-0.25, -0.2) is 0 Å². The molecule has 1 N–H and O–H groups in total. The molecule has 3 atom stereocenters. The van der Waals surface area contributed by atoms with Crippen molar-refractivity contribution in [3.63, 3.8) is 0 Å². The van der Waals surface area contributed by atoms with Crippen LogP contribution in [0.3, 0.4) is 0 Å². The van der Waals surface area contributed by atoms with Crippen molar-refractivity contribution in [1.82, 2.24) is 0 Å². The standard InChI is InChI=1S/C21H32O5Si/c1-13(2)27(14(3)4,15(5)6)26-20-17-11-16(12-22)7-8-18(17)25-21(20)19(23)9-10-24-21/h7-8,11-15,19-20,23H,9-10H2,1-6H3/t19-,20-,21-/m1/s1. The van der Waals surface area contributed by atoms with Crippen LogP contribution in [0.15, 0.2) is 18.2 Å². The molecule has 2 aliphatic heterocycles. The summed E-state index contributed by atoms with van der Waals surface area (Å²) in [5, 5.41) is 10.8. The monoisotopic (exact) mass is 392 g/mol. The number of rotatable bonds is 6. The highest BCUT2D eigenvalue weighted by Gasteiger charge is 2.61. The molecule has 2 heterocycles. The van der Waals surface area contributed by atoms with E-state index in [2.05, 4.69) is 41.5 Å². The lowest BCUT2D eigenvalue weighted by molar-refractivity contribution is -0.230. The van der Waals surface area contributed by atoms with Gasteiger partial charge < -0.3 is 19.0 Å². The number of ether oxygens (including phenoxy) is 2. The van der Waals surface area contributed by atoms with E-state index >= 15 is 0 Å². The molecule has 0 unspecified atom stereocenters. The summed E-state index contributed by atoms with van der Waals surface area (Å²) in [6.07, 6.45) is 0.0248. The maximum absolute atomic E-state index is 11.3. The summed E-state index contributed by atoms with van der Waals surface area (Å²) in [6.45, 7) is 13.8. The van der Waals surface area contributed by atoms with Crippen LogP contribution < -0.4 is 4.74 Å². The maximum Gasteiger partial charge on any atom is 0.266 e. The molecule has 0 aromatic heterocycles. The molecule has 27 heavy (non-hydrogen) atoms. The second-order valence-electron chi connectivity index (χ2n) is 8.71. The fourth-order valence-corrected chi connectivity index (χ4v) is 10.6. The highest BCUT2D eigenvalue weighted by atomic mass is 28.4. The molecule has 0 bridgehead atoms. The van der Waals surface area contributed by atoms with Crippen molar-refractivity contribution in [2.24, 2.45) is 0 Å². The van der Waals surface area contributed by atoms with Crippen molar-refractivity contribution >= 4 is 14.6 Å². The van der Waals surface area contributed by atoms with Crippen molar-refractivity contribution in [2.45, 2.75) is 82.6 Å². The second-order valence-corrected chi connectivity index (χ2v) is 14.1. The van der Waals surface area contributed by atoms with Crippen LogP contribution in [0.5, 0.6) is 5.75 Å². The SMILES string of the molecule is CC(C)[Si](O[C@@H]1c2cc(C=O)ccc2O[C@@]12OCC[C@H]2O)(C(C)C)C(C)C. The van der Waals surface area contributed by atoms with Gasteiger partial charge in [-0.1, -0.05) is 41.5 Å². The Labute approximate surface area is 163 Å². The number of aldehydes is 1. The molecule has 1 aromatic rings. The number of carbonyl (C=O) groups is 1. The fraction of sp³-hybridized carbons (Fsp3) is 0.667. The lowest BCUT2D eigenvalue weighted by Gasteiger charge is -2.46. The molecule has 5 nitrogen and oxygen atoms in total. The Morgan fingerprint density at radius 2 is 1.81 bits per heavy atom. The molecule has 1 saturated heterocycles. The third-order valence-electron chi connectivity index (χ3n) is 6.30. The zero-order valence-electron chi connectivity index (χ0n) is 17.2. The van der Waals surface area contributed by atoms with Gasteiger partial charge in [0.2, 0.25) is 8.32 Å². The molecule has 0 radical (unpaired) electrons. The zero-order valence-corrected chi connectivity index (χ0v) is 18.2. The normalized spacial score (nSPS) is 27.6. The van der Waals surface area contributed by atoms with E-state index in [-0.39, 0.29) is 0 Å². The van der Waals surface area contributed by atoms with Crippen LogP contribution in [0.1, 0.15) is 70.0 Å². The van der Waals surface area contributed by atoms with Gasteiger partial charge in [0.05, 0.1) is 6.61 Å². The van der Waals surface area contributed by atoms with Gasteiger partial charge in [0, 0.05) is 17.5 Å². The van der Waals surface area contributed by atoms with Crippen molar-refractivity contribution in [2.75, 3.05) is 6.61 Å². The lowest BCUT2D eigenvalue weighted by Crippen LogP contribution is -2.55. The fourth-order valence-electron chi connectivity index (χ4n) is 5.11. The summed E-state index contributed by atoms with van der Waals surface area (Å²) in [4.78, 5) is 11.3. The predicted octanol–water partition coefficient (Wildman–Crippen LogP) is 4.60. The van der Waals surface area contributed by atoms with E-state index in [0.29, 0.717) is 41.0 Å². The predicted molar refractivity (Wildman–Crippen MR) is 107 cm³/mol. The van der Waals surface area contributed by atoms with E-state index in [9.17, 15) is 9.90 Å². The quantitative estimate of drug-likeness (QED) is 0.566. The summed E-state index contributed by atoms with van der Waals surface area (Å²) in [6, 6.07) is 5.32. The molecule has 3 rings (SSSR count). The molecule has 1 fully saturated rings. The van der Waals surface area contributed by atoms with Gasteiger partial charge in [-0.15, -0.1) is 0 Å². The van der Waals surface area contributed by atoms with Crippen LogP contribution in [-0.4, -0.2) is 38.2 Å². The Morgan fingerprint density at radius 1 is 1.19 bits per heavy atom. The number of benzene rings is 1. The van der Waals surface area contributed by atoms with Gasteiger partial charge in [-0.3, -0.25) is 4.79 Å². The number of aliphatic hydroxyl groups excluding tert-OH is 1. The summed E-state index contributed by atoms with van der Waals surface area (Å²) >= 11 is 0. The molecule has 0 aliphatic carbocycles. The first-order valence-corrected chi connectivity index (χ1v) is 12.1. The van der Waals surface area contributed by atoms with Crippen LogP contribution in [-0.2, 0) is 9.16 Å².